The van der Waals surface area contributed by atoms with Gasteiger partial charge in [-0.15, -0.1) is 23.2 Å². The fraction of sp³-hybridized carbons (Fsp3) is 0.244. The van der Waals surface area contributed by atoms with Crippen molar-refractivity contribution in [2.45, 2.75) is 42.4 Å². The summed E-state index contributed by atoms with van der Waals surface area (Å²) in [7, 11) is 0. The number of aryl methyl sites for hydroxylation is 2. The number of anilines is 2. The number of aromatic nitrogens is 1. The lowest BCUT2D eigenvalue weighted by Crippen LogP contribution is -2.60. The molecule has 0 spiro atoms. The van der Waals surface area contributed by atoms with E-state index in [0.717, 1.165) is 4.90 Å². The second kappa shape index (κ2) is 12.4. The molecule has 4 aromatic carbocycles. The molecule has 0 unspecified atom stereocenters. The number of benzene rings is 4. The van der Waals surface area contributed by atoms with E-state index in [-0.39, 0.29) is 28.3 Å². The summed E-state index contributed by atoms with van der Waals surface area (Å²) in [5.41, 5.74) is 1.21. The number of allylic oxidation sites excluding steroid dienone is 2. The van der Waals surface area contributed by atoms with Crippen molar-refractivity contribution in [2.24, 2.45) is 17.8 Å². The number of amides is 4. The number of carbonyl (C=O) groups is 4. The van der Waals surface area contributed by atoms with Gasteiger partial charge in [0.1, 0.15) is 17.0 Å². The molecule has 6 atom stereocenters. The predicted octanol–water partition coefficient (Wildman–Crippen LogP) is 8.28. The highest BCUT2D eigenvalue weighted by Crippen LogP contribution is 2.66. The molecule has 290 valence electrons. The van der Waals surface area contributed by atoms with Crippen LogP contribution in [0.3, 0.4) is 0 Å². The van der Waals surface area contributed by atoms with Crippen molar-refractivity contribution >= 4 is 69.3 Å². The number of alkyl halides is 2. The maximum atomic E-state index is 15.4. The van der Waals surface area contributed by atoms with Crippen LogP contribution in [0.2, 0.25) is 0 Å². The molecule has 0 radical (unpaired) electrons. The van der Waals surface area contributed by atoms with Crippen LogP contribution in [0.15, 0.2) is 76.7 Å². The van der Waals surface area contributed by atoms with E-state index in [1.54, 1.807) is 62.4 Å². The smallest absolute Gasteiger partial charge is 0.258 e. The van der Waals surface area contributed by atoms with Crippen LogP contribution < -0.4 is 9.80 Å². The zero-order valence-corrected chi connectivity index (χ0v) is 31.1. The molecular weight excluding hydrogens is 796 g/mol. The van der Waals surface area contributed by atoms with E-state index in [9.17, 15) is 37.5 Å². The lowest BCUT2D eigenvalue weighted by atomic mass is 9.56. The molecule has 2 aliphatic carbocycles. The molecule has 2 saturated heterocycles. The van der Waals surface area contributed by atoms with E-state index < -0.39 is 98.2 Å². The summed E-state index contributed by atoms with van der Waals surface area (Å²) in [6.45, 7) is 3.09. The Kier molecular flexibility index (Phi) is 8.08. The lowest BCUT2D eigenvalue weighted by molar-refractivity contribution is -0.125. The Morgan fingerprint density at radius 2 is 1.40 bits per heavy atom. The van der Waals surface area contributed by atoms with Crippen molar-refractivity contribution in [1.82, 2.24) is 4.98 Å². The van der Waals surface area contributed by atoms with Gasteiger partial charge in [0.05, 0.1) is 17.5 Å². The van der Waals surface area contributed by atoms with Gasteiger partial charge in [-0.05, 0) is 85.7 Å². The first kappa shape index (κ1) is 37.0. The summed E-state index contributed by atoms with van der Waals surface area (Å²) >= 11 is 14.5. The Morgan fingerprint density at radius 1 is 0.789 bits per heavy atom. The van der Waals surface area contributed by atoms with Crippen LogP contribution in [0.1, 0.15) is 35.4 Å². The van der Waals surface area contributed by atoms with Crippen LogP contribution in [-0.2, 0) is 19.2 Å². The zero-order chi connectivity index (χ0) is 40.6. The molecule has 9 nitrogen and oxygen atoms in total. The standard InChI is InChI=1S/C41H26Cl2F5N3O6/c1-16-13-19(14-17(2)34(16)52)27-21-11-12-22-26(37(54)50(36(22)53)20-9-7-18(8-10-20)35-49-24-5-3-4-6-25(24)57-35)23(21)15-40(42)38(55)51(39(56)41(27,40)43)33-31(47)29(45)28(44)30(46)32(33)48/h3-11,13-14,22-23,26-27,52H,12,15H2,1-2H3/t22-,23+,26-,27-,40+,41-/m0/s1. The molecule has 4 aliphatic rings. The van der Waals surface area contributed by atoms with Gasteiger partial charge in [-0.2, -0.15) is 0 Å². The fourth-order valence-electron chi connectivity index (χ4n) is 9.10. The maximum absolute atomic E-state index is 15.4. The highest BCUT2D eigenvalue weighted by molar-refractivity contribution is 6.58. The average Bonchev–Trinajstić information content (AvgIpc) is 3.78. The minimum absolute atomic E-state index is 0.0309. The minimum Gasteiger partial charge on any atom is -0.507 e. The molecular formula is C41H26Cl2F5N3O6. The van der Waals surface area contributed by atoms with E-state index in [1.807, 2.05) is 6.07 Å². The predicted molar refractivity (Wildman–Crippen MR) is 196 cm³/mol. The molecule has 9 rings (SSSR count). The van der Waals surface area contributed by atoms with Crippen LogP contribution in [0.25, 0.3) is 22.6 Å². The average molecular weight is 823 g/mol. The second-order valence-electron chi connectivity index (χ2n) is 14.7. The summed E-state index contributed by atoms with van der Waals surface area (Å²) in [6.07, 6.45) is 0.937. The van der Waals surface area contributed by atoms with Gasteiger partial charge in [-0.25, -0.2) is 31.8 Å². The van der Waals surface area contributed by atoms with Crippen molar-refractivity contribution in [3.05, 3.63) is 118 Å². The van der Waals surface area contributed by atoms with E-state index in [1.165, 1.54) is 12.1 Å². The number of hydrogen-bond acceptors (Lipinski definition) is 7. The largest absolute Gasteiger partial charge is 0.507 e. The van der Waals surface area contributed by atoms with Crippen molar-refractivity contribution in [3.8, 4) is 17.2 Å². The molecule has 1 N–H and O–H groups in total. The molecule has 0 bridgehead atoms. The molecule has 5 aromatic rings. The lowest BCUT2D eigenvalue weighted by Gasteiger charge is -2.50. The quantitative estimate of drug-likeness (QED) is 0.0484. The number of hydrogen-bond donors (Lipinski definition) is 1. The van der Waals surface area contributed by atoms with Crippen molar-refractivity contribution in [1.29, 1.82) is 0 Å². The molecule has 3 heterocycles. The van der Waals surface area contributed by atoms with Gasteiger partial charge >= 0.3 is 0 Å². The van der Waals surface area contributed by atoms with Crippen molar-refractivity contribution < 1.29 is 50.7 Å². The minimum atomic E-state index is -2.68. The highest BCUT2D eigenvalue weighted by atomic mass is 35.5. The molecule has 4 amide bonds. The summed E-state index contributed by atoms with van der Waals surface area (Å²) in [4.78, 5) is 57.6. The molecule has 16 heteroatoms. The van der Waals surface area contributed by atoms with Gasteiger partial charge in [0, 0.05) is 11.5 Å². The maximum Gasteiger partial charge on any atom is 0.258 e. The van der Waals surface area contributed by atoms with Crippen molar-refractivity contribution in [3.63, 3.8) is 0 Å². The Bertz CT molecular complexity index is 2620. The summed E-state index contributed by atoms with van der Waals surface area (Å²) in [6, 6.07) is 16.4. The number of phenolic OH excluding ortho intramolecular Hbond substituents is 1. The first-order chi connectivity index (χ1) is 27.0. The summed E-state index contributed by atoms with van der Waals surface area (Å²) < 4.78 is 79.8. The first-order valence-electron chi connectivity index (χ1n) is 17.6. The second-order valence-corrected chi connectivity index (χ2v) is 16.0. The summed E-state index contributed by atoms with van der Waals surface area (Å²) in [5.74, 6) is -21.2. The molecule has 1 aromatic heterocycles. The number of nitrogens with zero attached hydrogens (tertiary/aromatic N) is 3. The Balaban J connectivity index is 1.15. The van der Waals surface area contributed by atoms with E-state index in [2.05, 4.69) is 4.98 Å². The normalized spacial score (nSPS) is 26.9. The number of halogens is 7. The molecule has 2 aliphatic heterocycles. The van der Waals surface area contributed by atoms with Gasteiger partial charge in [0.25, 0.3) is 11.8 Å². The zero-order valence-electron chi connectivity index (χ0n) is 29.6. The molecule has 1 saturated carbocycles. The Hall–Kier alpha value is -5.60. The van der Waals surface area contributed by atoms with Crippen LogP contribution in [0.4, 0.5) is 33.3 Å². The van der Waals surface area contributed by atoms with E-state index >= 15 is 8.78 Å². The fourth-order valence-corrected chi connectivity index (χ4v) is 10.0. The number of rotatable bonds is 4. The van der Waals surface area contributed by atoms with Crippen LogP contribution in [0.5, 0.6) is 5.75 Å². The number of fused-ring (bicyclic) bond motifs is 5. The summed E-state index contributed by atoms with van der Waals surface area (Å²) in [5, 5.41) is 10.6. The number of oxazole rings is 1. The third-order valence-electron chi connectivity index (χ3n) is 11.7. The van der Waals surface area contributed by atoms with Gasteiger partial charge in [-0.3, -0.25) is 24.1 Å². The van der Waals surface area contributed by atoms with E-state index in [0.29, 0.717) is 39.3 Å². The third kappa shape index (κ3) is 4.83. The monoisotopic (exact) mass is 821 g/mol. The van der Waals surface area contributed by atoms with Crippen LogP contribution >= 0.6 is 23.2 Å². The van der Waals surface area contributed by atoms with Gasteiger partial charge in [0.15, 0.2) is 38.6 Å². The van der Waals surface area contributed by atoms with Crippen molar-refractivity contribution in [2.75, 3.05) is 9.80 Å². The SMILES string of the molecule is Cc1cc([C@H]2C3=CC[C@@H]4C(=O)N(c5ccc(-c6nc7ccccc7o6)cc5)C(=O)[C@@H]4[C@@H]3C[C@@]3(Cl)C(=O)N(c4c(F)c(F)c(F)c(F)c4F)C(=O)[C@@]23Cl)cc(C)c1O. The van der Waals surface area contributed by atoms with Gasteiger partial charge in [0.2, 0.25) is 23.5 Å². The van der Waals surface area contributed by atoms with Crippen LogP contribution in [-0.4, -0.2) is 43.5 Å². The number of imide groups is 2. The Labute approximate surface area is 329 Å². The highest BCUT2D eigenvalue weighted by Gasteiger charge is 2.77. The molecule has 57 heavy (non-hydrogen) atoms. The third-order valence-corrected chi connectivity index (χ3v) is 13.1. The number of carbonyl (C=O) groups excluding carboxylic acids is 4. The van der Waals surface area contributed by atoms with E-state index in [4.69, 9.17) is 27.6 Å². The van der Waals surface area contributed by atoms with Gasteiger partial charge in [-0.1, -0.05) is 35.9 Å². The first-order valence-corrected chi connectivity index (χ1v) is 18.4. The van der Waals surface area contributed by atoms with Crippen LogP contribution in [0, 0.1) is 60.7 Å². The topological polar surface area (TPSA) is 121 Å². The van der Waals surface area contributed by atoms with Gasteiger partial charge < -0.3 is 9.52 Å². The molecule has 3 fully saturated rings. The Morgan fingerprint density at radius 3 is 2.04 bits per heavy atom. The number of phenols is 1. The number of para-hydroxylation sites is 2. The number of aromatic hydroxyl groups is 1.